The van der Waals surface area contributed by atoms with Gasteiger partial charge in [-0.1, -0.05) is 30.5 Å². The third-order valence-corrected chi connectivity index (χ3v) is 4.25. The summed E-state index contributed by atoms with van der Waals surface area (Å²) in [6, 6.07) is 29.3. The SMILES string of the molecule is [Si]C1CC1.[Zr+2].c1ccc2[cH-]ccc2c1.c1ccc2[cH-]ccc2c1. The van der Waals surface area contributed by atoms with Crippen molar-refractivity contribution in [1.29, 1.82) is 0 Å². The molecule has 0 spiro atoms. The van der Waals surface area contributed by atoms with Crippen LogP contribution in [0.1, 0.15) is 12.8 Å². The minimum atomic E-state index is 0. The van der Waals surface area contributed by atoms with Crippen LogP contribution in [0.5, 0.6) is 0 Å². The number of hydrogen-bond donors (Lipinski definition) is 0. The van der Waals surface area contributed by atoms with E-state index in [0.717, 1.165) is 5.54 Å². The molecule has 0 aliphatic heterocycles. The maximum atomic E-state index is 3.42. The van der Waals surface area contributed by atoms with E-state index in [0.29, 0.717) is 0 Å². The van der Waals surface area contributed by atoms with Crippen molar-refractivity contribution < 1.29 is 26.2 Å². The standard InChI is InChI=1S/2C9H7.C3H5Si.Zr/c2*1-2-5-9-7-3-6-8(9)4-1;4-3-1-2-3;/h2*1-7H;3H,1-2H2;/q2*-1;;+2. The van der Waals surface area contributed by atoms with Gasteiger partial charge in [0.1, 0.15) is 0 Å². The molecule has 0 atom stereocenters. The van der Waals surface area contributed by atoms with Gasteiger partial charge in [-0.15, -0.1) is 59.3 Å². The predicted octanol–water partition coefficient (Wildman–Crippen LogP) is 5.85. The molecule has 0 bridgehead atoms. The van der Waals surface area contributed by atoms with Crippen molar-refractivity contribution in [2.24, 2.45) is 0 Å². The van der Waals surface area contributed by atoms with Gasteiger partial charge in [0.2, 0.25) is 0 Å². The van der Waals surface area contributed by atoms with Crippen LogP contribution < -0.4 is 0 Å². The Balaban J connectivity index is 0.000000131. The molecule has 1 aliphatic carbocycles. The number of fused-ring (bicyclic) bond motifs is 2. The van der Waals surface area contributed by atoms with Crippen LogP contribution >= 0.6 is 0 Å². The fourth-order valence-corrected chi connectivity index (χ4v) is 2.39. The molecular weight excluding hydrogens is 372 g/mol. The van der Waals surface area contributed by atoms with Gasteiger partial charge in [0.25, 0.3) is 0 Å². The van der Waals surface area contributed by atoms with Crippen molar-refractivity contribution in [3.8, 4) is 0 Å². The van der Waals surface area contributed by atoms with Crippen molar-refractivity contribution in [2.75, 3.05) is 0 Å². The summed E-state index contributed by atoms with van der Waals surface area (Å²) >= 11 is 0. The van der Waals surface area contributed by atoms with Gasteiger partial charge >= 0.3 is 26.2 Å². The second-order valence-corrected chi connectivity index (χ2v) is 6.40. The first-order chi connectivity index (χ1) is 10.8. The summed E-state index contributed by atoms with van der Waals surface area (Å²) in [5.74, 6) is 0. The van der Waals surface area contributed by atoms with Gasteiger partial charge in [-0.3, -0.25) is 0 Å². The average Bonchev–Trinajstić information content (AvgIpc) is 3.07. The fourth-order valence-electron chi connectivity index (χ4n) is 2.22. The van der Waals surface area contributed by atoms with E-state index in [1.165, 1.54) is 34.4 Å². The summed E-state index contributed by atoms with van der Waals surface area (Å²) < 4.78 is 0. The molecule has 5 rings (SSSR count). The summed E-state index contributed by atoms with van der Waals surface area (Å²) in [6.45, 7) is 0. The van der Waals surface area contributed by atoms with Gasteiger partial charge < -0.3 is 0 Å². The van der Waals surface area contributed by atoms with Gasteiger partial charge in [0, 0.05) is 10.2 Å². The Morgan fingerprint density at radius 3 is 1.43 bits per heavy atom. The van der Waals surface area contributed by atoms with Gasteiger partial charge in [-0.2, -0.15) is 35.0 Å². The van der Waals surface area contributed by atoms with E-state index in [1.807, 2.05) is 0 Å². The Kier molecular flexibility index (Phi) is 7.20. The Labute approximate surface area is 160 Å². The van der Waals surface area contributed by atoms with E-state index in [2.05, 4.69) is 95.2 Å². The molecule has 0 heterocycles. The molecule has 23 heavy (non-hydrogen) atoms. The van der Waals surface area contributed by atoms with Gasteiger partial charge in [-0.05, 0) is 0 Å². The Morgan fingerprint density at radius 1 is 0.696 bits per heavy atom. The molecule has 0 saturated heterocycles. The van der Waals surface area contributed by atoms with E-state index in [9.17, 15) is 0 Å². The minimum absolute atomic E-state index is 0. The maximum absolute atomic E-state index is 3.42. The van der Waals surface area contributed by atoms with Crippen LogP contribution in [-0.2, 0) is 26.2 Å². The maximum Gasteiger partial charge on any atom is 2.00 e. The molecule has 3 radical (unpaired) electrons. The first kappa shape index (κ1) is 18.1. The molecule has 1 aliphatic rings. The van der Waals surface area contributed by atoms with E-state index in [-0.39, 0.29) is 26.2 Å². The summed E-state index contributed by atoms with van der Waals surface area (Å²) in [5.41, 5.74) is 0.889. The summed E-state index contributed by atoms with van der Waals surface area (Å²) in [7, 11) is 3.42. The van der Waals surface area contributed by atoms with Gasteiger partial charge in [0.05, 0.1) is 0 Å². The van der Waals surface area contributed by atoms with Crippen molar-refractivity contribution in [3.63, 3.8) is 0 Å². The largest absolute Gasteiger partial charge is 2.00 e. The monoisotopic (exact) mass is 389 g/mol. The van der Waals surface area contributed by atoms with Crippen molar-refractivity contribution in [3.05, 3.63) is 84.9 Å². The quantitative estimate of drug-likeness (QED) is 0.261. The van der Waals surface area contributed by atoms with Crippen LogP contribution in [0.3, 0.4) is 0 Å². The number of hydrogen-bond acceptors (Lipinski definition) is 0. The van der Waals surface area contributed by atoms with Crippen LogP contribution in [0, 0.1) is 0 Å². The molecular formula is C21H19SiZr. The molecule has 1 saturated carbocycles. The second-order valence-electron chi connectivity index (χ2n) is 5.58. The van der Waals surface area contributed by atoms with Crippen LogP contribution in [0.15, 0.2) is 84.9 Å². The number of benzene rings is 2. The number of rotatable bonds is 0. The van der Waals surface area contributed by atoms with Crippen molar-refractivity contribution in [1.82, 2.24) is 0 Å². The molecule has 2 heteroatoms. The minimum Gasteiger partial charge on any atom is -0.168 e. The predicted molar refractivity (Wildman–Crippen MR) is 97.8 cm³/mol. The fraction of sp³-hybridized carbons (Fsp3) is 0.143. The van der Waals surface area contributed by atoms with Crippen LogP contribution in [0.25, 0.3) is 21.5 Å². The van der Waals surface area contributed by atoms with Crippen molar-refractivity contribution in [2.45, 2.75) is 18.4 Å². The first-order valence-electron chi connectivity index (χ1n) is 7.75. The zero-order valence-electron chi connectivity index (χ0n) is 13.1. The molecule has 0 amide bonds. The molecule has 4 aromatic carbocycles. The zero-order valence-corrected chi connectivity index (χ0v) is 16.5. The van der Waals surface area contributed by atoms with E-state index in [1.54, 1.807) is 0 Å². The Bertz CT molecular complexity index is 697. The second kappa shape index (κ2) is 9.15. The zero-order chi connectivity index (χ0) is 15.2. The molecule has 0 aromatic heterocycles. The van der Waals surface area contributed by atoms with Gasteiger partial charge in [0.15, 0.2) is 0 Å². The Hall–Kier alpha value is -1.24. The first-order valence-corrected chi connectivity index (χ1v) is 8.33. The topological polar surface area (TPSA) is 0 Å². The third kappa shape index (κ3) is 5.71. The summed E-state index contributed by atoms with van der Waals surface area (Å²) in [5, 5.41) is 5.32. The molecule has 0 N–H and O–H groups in total. The van der Waals surface area contributed by atoms with E-state index >= 15 is 0 Å². The smallest absolute Gasteiger partial charge is 0.168 e. The van der Waals surface area contributed by atoms with Crippen LogP contribution in [0.2, 0.25) is 5.54 Å². The summed E-state index contributed by atoms with van der Waals surface area (Å²) in [6.07, 6.45) is 2.80. The van der Waals surface area contributed by atoms with Gasteiger partial charge in [-0.25, -0.2) is 0 Å². The molecule has 111 valence electrons. The molecule has 4 aromatic rings. The Morgan fingerprint density at radius 2 is 1.09 bits per heavy atom. The van der Waals surface area contributed by atoms with E-state index < -0.39 is 0 Å². The summed E-state index contributed by atoms with van der Waals surface area (Å²) in [4.78, 5) is 0. The average molecular weight is 391 g/mol. The molecule has 1 fully saturated rings. The molecule has 0 unspecified atom stereocenters. The third-order valence-electron chi connectivity index (χ3n) is 3.67. The van der Waals surface area contributed by atoms with Crippen LogP contribution in [-0.4, -0.2) is 10.2 Å². The molecule has 0 nitrogen and oxygen atoms in total. The normalized spacial score (nSPS) is 12.6. The van der Waals surface area contributed by atoms with E-state index in [4.69, 9.17) is 0 Å². The van der Waals surface area contributed by atoms with Crippen molar-refractivity contribution >= 4 is 31.8 Å². The van der Waals surface area contributed by atoms with Crippen LogP contribution in [0.4, 0.5) is 0 Å².